The normalized spacial score (nSPS) is 13.1. The maximum Gasteiger partial charge on any atom is 0.319 e. The van der Waals surface area contributed by atoms with E-state index in [4.69, 9.17) is 4.74 Å². The summed E-state index contributed by atoms with van der Waals surface area (Å²) in [7, 11) is 1.56. The average molecular weight is 345 g/mol. The second kappa shape index (κ2) is 7.35. The Morgan fingerprint density at radius 1 is 1.33 bits per heavy atom. The molecule has 0 saturated carbocycles. The van der Waals surface area contributed by atoms with Gasteiger partial charge in [0.05, 0.1) is 13.7 Å². The van der Waals surface area contributed by atoms with Crippen LogP contribution < -0.4 is 15.4 Å². The molecule has 2 N–H and O–H groups in total. The first kappa shape index (κ1) is 16.3. The molecule has 1 aromatic heterocycles. The number of anilines is 1. The van der Waals surface area contributed by atoms with Gasteiger partial charge >= 0.3 is 6.03 Å². The van der Waals surface area contributed by atoms with Crippen LogP contribution >= 0.6 is 11.3 Å². The third-order valence-corrected chi connectivity index (χ3v) is 4.91. The zero-order valence-corrected chi connectivity index (χ0v) is 14.2. The molecule has 0 spiro atoms. The fraction of sp³-hybridized carbons (Fsp3) is 0.294. The summed E-state index contributed by atoms with van der Waals surface area (Å²) >= 11 is 1.73. The van der Waals surface area contributed by atoms with Gasteiger partial charge in [0, 0.05) is 29.7 Å². The van der Waals surface area contributed by atoms with E-state index in [0.717, 1.165) is 6.42 Å². The molecule has 0 radical (unpaired) electrons. The number of hydrogen-bond donors (Lipinski definition) is 2. The number of rotatable bonds is 4. The van der Waals surface area contributed by atoms with Crippen LogP contribution in [-0.4, -0.2) is 37.0 Å². The van der Waals surface area contributed by atoms with Crippen molar-refractivity contribution in [3.05, 3.63) is 46.2 Å². The molecular formula is C17H19N3O3S. The van der Waals surface area contributed by atoms with Gasteiger partial charge in [-0.3, -0.25) is 4.79 Å². The van der Waals surface area contributed by atoms with Crippen molar-refractivity contribution in [1.82, 2.24) is 10.2 Å². The lowest BCUT2D eigenvalue weighted by molar-refractivity contribution is -0.130. The van der Waals surface area contributed by atoms with E-state index >= 15 is 0 Å². The van der Waals surface area contributed by atoms with Gasteiger partial charge in [0.1, 0.15) is 5.75 Å². The average Bonchev–Trinajstić information content (AvgIpc) is 3.07. The van der Waals surface area contributed by atoms with Gasteiger partial charge in [-0.25, -0.2) is 4.79 Å². The molecule has 0 saturated heterocycles. The molecule has 2 heterocycles. The van der Waals surface area contributed by atoms with Crippen molar-refractivity contribution in [2.75, 3.05) is 25.5 Å². The summed E-state index contributed by atoms with van der Waals surface area (Å²) < 4.78 is 5.10. The molecule has 126 valence electrons. The third kappa shape index (κ3) is 3.86. The number of ether oxygens (including phenoxy) is 1. The van der Waals surface area contributed by atoms with E-state index in [0.29, 0.717) is 24.5 Å². The Hall–Kier alpha value is -2.54. The topological polar surface area (TPSA) is 70.7 Å². The summed E-state index contributed by atoms with van der Waals surface area (Å²) in [6.07, 6.45) is 0.884. The Labute approximate surface area is 144 Å². The monoisotopic (exact) mass is 345 g/mol. The van der Waals surface area contributed by atoms with E-state index in [1.807, 2.05) is 0 Å². The molecule has 0 fully saturated rings. The highest BCUT2D eigenvalue weighted by molar-refractivity contribution is 7.10. The van der Waals surface area contributed by atoms with Crippen LogP contribution in [0.1, 0.15) is 10.4 Å². The lowest BCUT2D eigenvalue weighted by Gasteiger charge is -2.27. The fourth-order valence-electron chi connectivity index (χ4n) is 2.61. The largest absolute Gasteiger partial charge is 0.497 e. The minimum absolute atomic E-state index is 0.0186. The lowest BCUT2D eigenvalue weighted by Crippen LogP contribution is -2.43. The van der Waals surface area contributed by atoms with Gasteiger partial charge < -0.3 is 20.3 Å². The van der Waals surface area contributed by atoms with Crippen molar-refractivity contribution in [1.29, 1.82) is 0 Å². The summed E-state index contributed by atoms with van der Waals surface area (Å²) in [4.78, 5) is 27.3. The van der Waals surface area contributed by atoms with E-state index in [1.54, 1.807) is 47.6 Å². The van der Waals surface area contributed by atoms with Crippen molar-refractivity contribution < 1.29 is 14.3 Å². The van der Waals surface area contributed by atoms with Crippen LogP contribution in [0.15, 0.2) is 35.7 Å². The first-order valence-electron chi connectivity index (χ1n) is 7.67. The van der Waals surface area contributed by atoms with Gasteiger partial charge in [-0.1, -0.05) is 6.07 Å². The van der Waals surface area contributed by atoms with Crippen molar-refractivity contribution in [3.63, 3.8) is 0 Å². The second-order valence-electron chi connectivity index (χ2n) is 5.47. The number of carbonyl (C=O) groups is 2. The lowest BCUT2D eigenvalue weighted by atomic mass is 10.1. The molecule has 0 atom stereocenters. The molecule has 3 rings (SSSR count). The highest BCUT2D eigenvalue weighted by atomic mass is 32.1. The molecule has 2 aromatic rings. The van der Waals surface area contributed by atoms with Crippen LogP contribution in [0.2, 0.25) is 0 Å². The Morgan fingerprint density at radius 3 is 3.04 bits per heavy atom. The molecule has 7 heteroatoms. The maximum atomic E-state index is 12.3. The Bertz CT molecular complexity index is 744. The Kier molecular flexibility index (Phi) is 5.00. The Balaban J connectivity index is 1.48. The number of nitrogens with one attached hydrogen (secondary N) is 2. The number of nitrogens with zero attached hydrogens (tertiary/aromatic N) is 1. The molecule has 1 aliphatic rings. The summed E-state index contributed by atoms with van der Waals surface area (Å²) in [6.45, 7) is 1.30. The van der Waals surface area contributed by atoms with Gasteiger partial charge in [-0.15, -0.1) is 11.3 Å². The van der Waals surface area contributed by atoms with Crippen LogP contribution in [0.4, 0.5) is 10.5 Å². The van der Waals surface area contributed by atoms with Crippen molar-refractivity contribution >= 4 is 29.0 Å². The fourth-order valence-corrected chi connectivity index (χ4v) is 3.49. The molecular weight excluding hydrogens is 326 g/mol. The van der Waals surface area contributed by atoms with Crippen molar-refractivity contribution in [3.8, 4) is 5.75 Å². The molecule has 6 nitrogen and oxygen atoms in total. The molecule has 3 amide bonds. The molecule has 0 aliphatic carbocycles. The van der Waals surface area contributed by atoms with E-state index in [1.165, 1.54) is 10.4 Å². The number of thiophene rings is 1. The zero-order valence-electron chi connectivity index (χ0n) is 13.4. The zero-order chi connectivity index (χ0) is 16.9. The summed E-state index contributed by atoms with van der Waals surface area (Å²) in [5.41, 5.74) is 1.82. The van der Waals surface area contributed by atoms with E-state index in [2.05, 4.69) is 22.1 Å². The number of amides is 3. The van der Waals surface area contributed by atoms with E-state index in [-0.39, 0.29) is 12.5 Å². The Morgan fingerprint density at radius 2 is 2.21 bits per heavy atom. The van der Waals surface area contributed by atoms with Gasteiger partial charge in [-0.05, 0) is 35.6 Å². The molecule has 24 heavy (non-hydrogen) atoms. The first-order chi connectivity index (χ1) is 11.7. The van der Waals surface area contributed by atoms with Crippen LogP contribution in [0, 0.1) is 0 Å². The minimum atomic E-state index is -0.412. The van der Waals surface area contributed by atoms with E-state index in [9.17, 15) is 9.59 Å². The minimum Gasteiger partial charge on any atom is -0.497 e. The van der Waals surface area contributed by atoms with E-state index < -0.39 is 6.03 Å². The van der Waals surface area contributed by atoms with Crippen molar-refractivity contribution in [2.24, 2.45) is 0 Å². The predicted molar refractivity (Wildman–Crippen MR) is 93.5 cm³/mol. The maximum absolute atomic E-state index is 12.3. The smallest absolute Gasteiger partial charge is 0.319 e. The quantitative estimate of drug-likeness (QED) is 0.894. The standard InChI is InChI=1S/C17H19N3O3S/c1-23-14-4-2-3-13(9-14)19-17(22)18-10-16(21)20-7-5-15-12(11-20)6-8-24-15/h2-4,6,8-9H,5,7,10-11H2,1H3,(H2,18,19,22). The van der Waals surface area contributed by atoms with Gasteiger partial charge in [0.25, 0.3) is 0 Å². The molecule has 0 bridgehead atoms. The number of fused-ring (bicyclic) bond motifs is 1. The van der Waals surface area contributed by atoms with Crippen LogP contribution in [0.3, 0.4) is 0 Å². The first-order valence-corrected chi connectivity index (χ1v) is 8.55. The van der Waals surface area contributed by atoms with Gasteiger partial charge in [-0.2, -0.15) is 0 Å². The van der Waals surface area contributed by atoms with Crippen LogP contribution in [0.5, 0.6) is 5.75 Å². The number of carbonyl (C=O) groups excluding carboxylic acids is 2. The van der Waals surface area contributed by atoms with Gasteiger partial charge in [0.2, 0.25) is 5.91 Å². The molecule has 0 unspecified atom stereocenters. The van der Waals surface area contributed by atoms with Crippen LogP contribution in [0.25, 0.3) is 0 Å². The summed E-state index contributed by atoms with van der Waals surface area (Å²) in [6, 6.07) is 8.69. The number of methoxy groups -OCH3 is 1. The summed E-state index contributed by atoms with van der Waals surface area (Å²) in [5.74, 6) is 0.580. The second-order valence-corrected chi connectivity index (χ2v) is 6.47. The highest BCUT2D eigenvalue weighted by Crippen LogP contribution is 2.23. The summed E-state index contributed by atoms with van der Waals surface area (Å²) in [5, 5.41) is 7.35. The predicted octanol–water partition coefficient (Wildman–Crippen LogP) is 2.46. The SMILES string of the molecule is COc1cccc(NC(=O)NCC(=O)N2CCc3sccc3C2)c1. The molecule has 1 aliphatic heterocycles. The van der Waals surface area contributed by atoms with Crippen molar-refractivity contribution in [2.45, 2.75) is 13.0 Å². The number of benzene rings is 1. The number of hydrogen-bond acceptors (Lipinski definition) is 4. The van der Waals surface area contributed by atoms with Crippen LogP contribution in [-0.2, 0) is 17.8 Å². The van der Waals surface area contributed by atoms with Gasteiger partial charge in [0.15, 0.2) is 0 Å². The highest BCUT2D eigenvalue weighted by Gasteiger charge is 2.21. The molecule has 1 aromatic carbocycles. The number of urea groups is 1. The third-order valence-electron chi connectivity index (χ3n) is 3.89.